The third kappa shape index (κ3) is 2.62. The Morgan fingerprint density at radius 1 is 1.23 bits per heavy atom. The Labute approximate surface area is 130 Å². The highest BCUT2D eigenvalue weighted by Crippen LogP contribution is 2.25. The van der Waals surface area contributed by atoms with Gasteiger partial charge in [0, 0.05) is 13.1 Å². The van der Waals surface area contributed by atoms with Crippen molar-refractivity contribution in [3.63, 3.8) is 0 Å². The Hall–Kier alpha value is -1.85. The van der Waals surface area contributed by atoms with E-state index in [1.54, 1.807) is 6.20 Å². The molecule has 0 aromatic carbocycles. The molecule has 1 N–H and O–H groups in total. The van der Waals surface area contributed by atoms with Crippen LogP contribution in [0.15, 0.2) is 11.0 Å². The molecule has 0 amide bonds. The minimum absolute atomic E-state index is 0.110. The predicted octanol–water partition coefficient (Wildman–Crippen LogP) is 2.36. The second-order valence-electron chi connectivity index (χ2n) is 7.71. The van der Waals surface area contributed by atoms with Crippen molar-refractivity contribution in [1.29, 1.82) is 0 Å². The van der Waals surface area contributed by atoms with Gasteiger partial charge in [0.25, 0.3) is 5.56 Å². The molecule has 1 aliphatic rings. The maximum absolute atomic E-state index is 12.4. The lowest BCUT2D eigenvalue weighted by molar-refractivity contribution is 0.352. The zero-order valence-corrected chi connectivity index (χ0v) is 14.1. The fourth-order valence-electron chi connectivity index (χ4n) is 3.38. The second kappa shape index (κ2) is 5.11. The number of hydrogen-bond donors (Lipinski definition) is 1. The lowest BCUT2D eigenvalue weighted by Gasteiger charge is -2.35. The number of piperidine rings is 1. The number of H-pyrrole nitrogens is 1. The van der Waals surface area contributed by atoms with Crippen LogP contribution in [0.25, 0.3) is 11.0 Å². The minimum atomic E-state index is -0.206. The SMILES string of the molecule is CC1CC(C)CN(c2nc3c(cnn3C(C)(C)C)c(=O)[nH]2)C1. The van der Waals surface area contributed by atoms with Crippen molar-refractivity contribution < 1.29 is 0 Å². The number of anilines is 1. The van der Waals surface area contributed by atoms with E-state index in [0.29, 0.717) is 28.8 Å². The molecule has 3 heterocycles. The fourth-order valence-corrected chi connectivity index (χ4v) is 3.38. The third-order valence-corrected chi connectivity index (χ3v) is 4.23. The van der Waals surface area contributed by atoms with E-state index >= 15 is 0 Å². The summed E-state index contributed by atoms with van der Waals surface area (Å²) in [6, 6.07) is 0. The van der Waals surface area contributed by atoms with E-state index in [9.17, 15) is 4.79 Å². The van der Waals surface area contributed by atoms with E-state index in [1.165, 1.54) is 6.42 Å². The number of nitrogens with one attached hydrogen (secondary N) is 1. The largest absolute Gasteiger partial charge is 0.342 e. The van der Waals surface area contributed by atoms with Crippen molar-refractivity contribution in [3.05, 3.63) is 16.6 Å². The average Bonchev–Trinajstić information content (AvgIpc) is 2.81. The first-order valence-corrected chi connectivity index (χ1v) is 7.99. The number of nitrogens with zero attached hydrogens (tertiary/aromatic N) is 4. The van der Waals surface area contributed by atoms with E-state index < -0.39 is 0 Å². The Balaban J connectivity index is 2.10. The van der Waals surface area contributed by atoms with Gasteiger partial charge in [0.15, 0.2) is 5.65 Å². The molecule has 6 heteroatoms. The summed E-state index contributed by atoms with van der Waals surface area (Å²) in [6.07, 6.45) is 2.83. The van der Waals surface area contributed by atoms with Crippen molar-refractivity contribution >= 4 is 17.0 Å². The number of rotatable bonds is 1. The standard InChI is InChI=1S/C16H25N5O/c1-10-6-11(2)9-20(8-10)15-18-13-12(14(22)19-15)7-17-21(13)16(3,4)5/h7,10-11H,6,8-9H2,1-5H3,(H,18,19,22). The van der Waals surface area contributed by atoms with Crippen LogP contribution in [0.5, 0.6) is 0 Å². The molecule has 1 fully saturated rings. The summed E-state index contributed by atoms with van der Waals surface area (Å²) < 4.78 is 1.83. The van der Waals surface area contributed by atoms with Gasteiger partial charge in [-0.1, -0.05) is 13.8 Å². The first kappa shape index (κ1) is 15.1. The molecular formula is C16H25N5O. The molecule has 120 valence electrons. The zero-order chi connectivity index (χ0) is 16.1. The molecule has 0 aliphatic carbocycles. The Morgan fingerprint density at radius 3 is 2.45 bits per heavy atom. The topological polar surface area (TPSA) is 66.8 Å². The third-order valence-electron chi connectivity index (χ3n) is 4.23. The quantitative estimate of drug-likeness (QED) is 0.878. The van der Waals surface area contributed by atoms with E-state index in [0.717, 1.165) is 13.1 Å². The van der Waals surface area contributed by atoms with Gasteiger partial charge < -0.3 is 4.90 Å². The van der Waals surface area contributed by atoms with Gasteiger partial charge in [0.2, 0.25) is 5.95 Å². The summed E-state index contributed by atoms with van der Waals surface area (Å²) in [4.78, 5) is 22.2. The van der Waals surface area contributed by atoms with Gasteiger partial charge in [-0.15, -0.1) is 0 Å². The van der Waals surface area contributed by atoms with Gasteiger partial charge in [-0.25, -0.2) is 4.68 Å². The lowest BCUT2D eigenvalue weighted by atomic mass is 9.92. The summed E-state index contributed by atoms with van der Waals surface area (Å²) in [5, 5.41) is 4.91. The van der Waals surface area contributed by atoms with Gasteiger partial charge >= 0.3 is 0 Å². The van der Waals surface area contributed by atoms with Crippen LogP contribution in [0.3, 0.4) is 0 Å². The van der Waals surface area contributed by atoms with E-state index in [4.69, 9.17) is 4.98 Å². The van der Waals surface area contributed by atoms with Gasteiger partial charge in [-0.3, -0.25) is 9.78 Å². The Bertz CT molecular complexity index is 729. The molecule has 0 saturated carbocycles. The Morgan fingerprint density at radius 2 is 1.86 bits per heavy atom. The molecule has 1 saturated heterocycles. The number of hydrogen-bond acceptors (Lipinski definition) is 4. The maximum atomic E-state index is 12.4. The van der Waals surface area contributed by atoms with E-state index in [-0.39, 0.29) is 11.1 Å². The summed E-state index contributed by atoms with van der Waals surface area (Å²) in [6.45, 7) is 12.6. The minimum Gasteiger partial charge on any atom is -0.342 e. The van der Waals surface area contributed by atoms with Crippen LogP contribution in [0, 0.1) is 11.8 Å². The van der Waals surface area contributed by atoms with Crippen LogP contribution in [-0.4, -0.2) is 32.8 Å². The first-order valence-electron chi connectivity index (χ1n) is 7.99. The first-order chi connectivity index (χ1) is 10.3. The lowest BCUT2D eigenvalue weighted by Crippen LogP contribution is -2.40. The van der Waals surface area contributed by atoms with Crippen LogP contribution in [0.1, 0.15) is 41.0 Å². The molecule has 0 radical (unpaired) electrons. The molecule has 0 bridgehead atoms. The Kier molecular flexibility index (Phi) is 3.50. The van der Waals surface area contributed by atoms with Crippen LogP contribution in [0.4, 0.5) is 5.95 Å². The van der Waals surface area contributed by atoms with Crippen LogP contribution in [-0.2, 0) is 5.54 Å². The van der Waals surface area contributed by atoms with Gasteiger partial charge in [-0.2, -0.15) is 10.1 Å². The highest BCUT2D eigenvalue weighted by molar-refractivity contribution is 5.74. The molecule has 0 spiro atoms. The van der Waals surface area contributed by atoms with Crippen molar-refractivity contribution in [2.75, 3.05) is 18.0 Å². The molecule has 3 rings (SSSR count). The zero-order valence-electron chi connectivity index (χ0n) is 14.1. The predicted molar refractivity (Wildman–Crippen MR) is 88.3 cm³/mol. The molecule has 2 unspecified atom stereocenters. The molecule has 1 aliphatic heterocycles. The molecular weight excluding hydrogens is 278 g/mol. The average molecular weight is 303 g/mol. The van der Waals surface area contributed by atoms with Gasteiger partial charge in [0.1, 0.15) is 5.39 Å². The van der Waals surface area contributed by atoms with Crippen molar-refractivity contribution in [1.82, 2.24) is 19.7 Å². The molecule has 2 aromatic rings. The summed E-state index contributed by atoms with van der Waals surface area (Å²) >= 11 is 0. The number of fused-ring (bicyclic) bond motifs is 1. The van der Waals surface area contributed by atoms with Crippen LogP contribution in [0.2, 0.25) is 0 Å². The van der Waals surface area contributed by atoms with E-state index in [1.807, 2.05) is 4.68 Å². The molecule has 2 aromatic heterocycles. The number of aromatic amines is 1. The van der Waals surface area contributed by atoms with Gasteiger partial charge in [0.05, 0.1) is 11.7 Å². The highest BCUT2D eigenvalue weighted by Gasteiger charge is 2.25. The maximum Gasteiger partial charge on any atom is 0.263 e. The van der Waals surface area contributed by atoms with Crippen LogP contribution >= 0.6 is 0 Å². The van der Waals surface area contributed by atoms with E-state index in [2.05, 4.69) is 49.6 Å². The smallest absolute Gasteiger partial charge is 0.263 e. The second-order valence-corrected chi connectivity index (χ2v) is 7.71. The normalized spacial score (nSPS) is 23.2. The van der Waals surface area contributed by atoms with Gasteiger partial charge in [-0.05, 0) is 39.0 Å². The van der Waals surface area contributed by atoms with Crippen molar-refractivity contribution in [2.24, 2.45) is 11.8 Å². The van der Waals surface area contributed by atoms with Crippen molar-refractivity contribution in [3.8, 4) is 0 Å². The highest BCUT2D eigenvalue weighted by atomic mass is 16.1. The number of aromatic nitrogens is 4. The van der Waals surface area contributed by atoms with Crippen LogP contribution < -0.4 is 10.5 Å². The summed E-state index contributed by atoms with van der Waals surface area (Å²) in [7, 11) is 0. The molecule has 2 atom stereocenters. The fraction of sp³-hybridized carbons (Fsp3) is 0.688. The summed E-state index contributed by atoms with van der Waals surface area (Å²) in [5.74, 6) is 1.89. The molecule has 22 heavy (non-hydrogen) atoms. The summed E-state index contributed by atoms with van der Waals surface area (Å²) in [5.41, 5.74) is 0.348. The monoisotopic (exact) mass is 303 g/mol. The molecule has 6 nitrogen and oxygen atoms in total. The van der Waals surface area contributed by atoms with Crippen molar-refractivity contribution in [2.45, 2.75) is 46.6 Å².